The normalized spacial score (nSPS) is 16.4. The van der Waals surface area contributed by atoms with E-state index in [0.717, 1.165) is 31.1 Å². The average Bonchev–Trinajstić information content (AvgIpc) is 3.15. The van der Waals surface area contributed by atoms with Crippen LogP contribution < -0.4 is 15.1 Å². The Morgan fingerprint density at radius 3 is 2.66 bits per heavy atom. The molecule has 1 heterocycles. The lowest BCUT2D eigenvalue weighted by molar-refractivity contribution is -0.997. The second kappa shape index (κ2) is 10.0. The topological polar surface area (TPSA) is 72.3 Å². The van der Waals surface area contributed by atoms with Crippen LogP contribution in [0, 0.1) is 0 Å². The van der Waals surface area contributed by atoms with Gasteiger partial charge in [0.25, 0.3) is 5.91 Å². The first-order chi connectivity index (χ1) is 14.1. The van der Waals surface area contributed by atoms with E-state index < -0.39 is 5.97 Å². The van der Waals surface area contributed by atoms with E-state index in [4.69, 9.17) is 9.47 Å². The molecule has 29 heavy (non-hydrogen) atoms. The standard InChI is InChI=1S/C22H27N3O4/c1-3-29-22(27)18-11-7-12-19(28-2)21(18)23-20(26)16-25-14-8-13-24(25)15-17-9-5-4-6-10-17/h4-7,9-12H,3,8,13-16H2,1-2H3,(H,23,26)/p+1. The average molecular weight is 398 g/mol. The summed E-state index contributed by atoms with van der Waals surface area (Å²) in [5.41, 5.74) is 1.87. The summed E-state index contributed by atoms with van der Waals surface area (Å²) in [7, 11) is 1.51. The van der Waals surface area contributed by atoms with Gasteiger partial charge in [0.1, 0.15) is 5.75 Å². The summed E-state index contributed by atoms with van der Waals surface area (Å²) < 4.78 is 10.5. The molecule has 154 valence electrons. The molecule has 0 aromatic heterocycles. The van der Waals surface area contributed by atoms with Gasteiger partial charge in [-0.15, -0.1) is 0 Å². The van der Waals surface area contributed by atoms with Crippen LogP contribution in [-0.4, -0.2) is 50.2 Å². The number of esters is 1. The second-order valence-electron chi connectivity index (χ2n) is 6.91. The Morgan fingerprint density at radius 2 is 1.93 bits per heavy atom. The molecule has 2 N–H and O–H groups in total. The smallest absolute Gasteiger partial charge is 0.340 e. The van der Waals surface area contributed by atoms with Gasteiger partial charge in [-0.1, -0.05) is 36.4 Å². The van der Waals surface area contributed by atoms with E-state index in [2.05, 4.69) is 22.5 Å². The van der Waals surface area contributed by atoms with Gasteiger partial charge in [0.05, 0.1) is 44.6 Å². The summed E-state index contributed by atoms with van der Waals surface area (Å²) in [6, 6.07) is 15.3. The highest BCUT2D eigenvalue weighted by Crippen LogP contribution is 2.28. The third-order valence-electron chi connectivity index (χ3n) is 4.93. The van der Waals surface area contributed by atoms with E-state index >= 15 is 0 Å². The van der Waals surface area contributed by atoms with Crippen molar-refractivity contribution in [3.63, 3.8) is 0 Å². The predicted octanol–water partition coefficient (Wildman–Crippen LogP) is 1.52. The van der Waals surface area contributed by atoms with E-state index in [0.29, 0.717) is 11.4 Å². The maximum Gasteiger partial charge on any atom is 0.340 e. The number of ether oxygens (including phenoxy) is 2. The Kier molecular flexibility index (Phi) is 7.21. The number of anilines is 1. The third kappa shape index (κ3) is 5.34. The fourth-order valence-corrected chi connectivity index (χ4v) is 3.56. The summed E-state index contributed by atoms with van der Waals surface area (Å²) in [5, 5.41) is 6.25. The molecule has 1 amide bonds. The van der Waals surface area contributed by atoms with Gasteiger partial charge in [-0.2, -0.15) is 5.01 Å². The third-order valence-corrected chi connectivity index (χ3v) is 4.93. The molecule has 7 nitrogen and oxygen atoms in total. The van der Waals surface area contributed by atoms with Crippen molar-refractivity contribution in [2.45, 2.75) is 19.9 Å². The number of hydrogen-bond acceptors (Lipinski definition) is 5. The van der Waals surface area contributed by atoms with Crippen LogP contribution >= 0.6 is 0 Å². The first-order valence-electron chi connectivity index (χ1n) is 9.90. The maximum atomic E-state index is 12.8. The van der Waals surface area contributed by atoms with Crippen LogP contribution in [0.15, 0.2) is 48.5 Å². The lowest BCUT2D eigenvalue weighted by Gasteiger charge is -2.24. The number of nitrogens with zero attached hydrogens (tertiary/aromatic N) is 1. The number of benzene rings is 2. The number of quaternary nitrogens is 1. The van der Waals surface area contributed by atoms with Crippen molar-refractivity contribution < 1.29 is 24.1 Å². The first-order valence-corrected chi connectivity index (χ1v) is 9.90. The van der Waals surface area contributed by atoms with E-state index in [-0.39, 0.29) is 24.6 Å². The number of methoxy groups -OCH3 is 1. The van der Waals surface area contributed by atoms with Crippen LogP contribution in [0.1, 0.15) is 29.3 Å². The van der Waals surface area contributed by atoms with Gasteiger partial charge < -0.3 is 14.8 Å². The van der Waals surface area contributed by atoms with E-state index in [1.807, 2.05) is 18.2 Å². The summed E-state index contributed by atoms with van der Waals surface area (Å²) in [6.45, 7) is 4.93. The Hall–Kier alpha value is -2.90. The van der Waals surface area contributed by atoms with E-state index in [9.17, 15) is 9.59 Å². The van der Waals surface area contributed by atoms with Gasteiger partial charge in [0.2, 0.25) is 0 Å². The highest BCUT2D eigenvalue weighted by molar-refractivity contribution is 6.03. The zero-order valence-corrected chi connectivity index (χ0v) is 16.9. The molecular formula is C22H28N3O4+. The Morgan fingerprint density at radius 1 is 1.14 bits per heavy atom. The molecule has 3 rings (SSSR count). The highest BCUT2D eigenvalue weighted by atomic mass is 16.5. The van der Waals surface area contributed by atoms with Crippen molar-refractivity contribution in [3.8, 4) is 5.75 Å². The maximum absolute atomic E-state index is 12.8. The molecule has 1 aliphatic heterocycles. The molecule has 1 saturated heterocycles. The monoisotopic (exact) mass is 398 g/mol. The quantitative estimate of drug-likeness (QED) is 0.660. The molecule has 0 spiro atoms. The van der Waals surface area contributed by atoms with Crippen molar-refractivity contribution in [2.75, 3.05) is 38.7 Å². The van der Waals surface area contributed by atoms with Crippen LogP contribution in [0.3, 0.4) is 0 Å². The first kappa shape index (κ1) is 20.8. The molecule has 0 radical (unpaired) electrons. The van der Waals surface area contributed by atoms with Crippen molar-refractivity contribution in [3.05, 3.63) is 59.7 Å². The molecule has 0 aliphatic carbocycles. The van der Waals surface area contributed by atoms with Crippen LogP contribution in [0.5, 0.6) is 5.75 Å². The van der Waals surface area contributed by atoms with Gasteiger partial charge in [-0.25, -0.2) is 9.80 Å². The lowest BCUT2D eigenvalue weighted by atomic mass is 10.1. The number of hydrogen-bond donors (Lipinski definition) is 2. The molecule has 7 heteroatoms. The van der Waals surface area contributed by atoms with Crippen LogP contribution in [-0.2, 0) is 16.1 Å². The minimum atomic E-state index is -0.485. The van der Waals surface area contributed by atoms with Gasteiger partial charge in [-0.05, 0) is 24.6 Å². The van der Waals surface area contributed by atoms with Crippen LogP contribution in [0.25, 0.3) is 0 Å². The lowest BCUT2D eigenvalue weighted by Crippen LogP contribution is -3.16. The highest BCUT2D eigenvalue weighted by Gasteiger charge is 2.29. The summed E-state index contributed by atoms with van der Waals surface area (Å²) >= 11 is 0. The predicted molar refractivity (Wildman–Crippen MR) is 110 cm³/mol. The molecule has 2 aromatic carbocycles. The number of carbonyl (C=O) groups is 2. The fourth-order valence-electron chi connectivity index (χ4n) is 3.56. The number of para-hydroxylation sites is 1. The number of amides is 1. The minimum Gasteiger partial charge on any atom is -0.495 e. The second-order valence-corrected chi connectivity index (χ2v) is 6.91. The Balaban J connectivity index is 1.69. The Labute approximate surface area is 171 Å². The van der Waals surface area contributed by atoms with Crippen molar-refractivity contribution in [1.29, 1.82) is 0 Å². The van der Waals surface area contributed by atoms with Crippen molar-refractivity contribution in [2.24, 2.45) is 0 Å². The molecule has 2 aromatic rings. The van der Waals surface area contributed by atoms with Gasteiger partial charge >= 0.3 is 5.97 Å². The van der Waals surface area contributed by atoms with Gasteiger partial charge in [0, 0.05) is 6.42 Å². The molecule has 1 unspecified atom stereocenters. The number of carbonyl (C=O) groups excluding carboxylic acids is 2. The minimum absolute atomic E-state index is 0.171. The summed E-state index contributed by atoms with van der Waals surface area (Å²) in [4.78, 5) is 25.1. The molecule has 1 atom stereocenters. The zero-order valence-electron chi connectivity index (χ0n) is 16.9. The molecule has 0 bridgehead atoms. The fraction of sp³-hybridized carbons (Fsp3) is 0.364. The number of nitrogens with one attached hydrogen (secondary N) is 2. The van der Waals surface area contributed by atoms with E-state index in [1.54, 1.807) is 25.1 Å². The van der Waals surface area contributed by atoms with Crippen LogP contribution in [0.2, 0.25) is 0 Å². The molecule has 1 fully saturated rings. The van der Waals surface area contributed by atoms with Gasteiger partial charge in [0.15, 0.2) is 6.54 Å². The summed E-state index contributed by atoms with van der Waals surface area (Å²) in [6.07, 6.45) is 1.04. The zero-order chi connectivity index (χ0) is 20.6. The molecule has 0 saturated carbocycles. The number of rotatable bonds is 8. The van der Waals surface area contributed by atoms with E-state index in [1.165, 1.54) is 12.7 Å². The van der Waals surface area contributed by atoms with Crippen molar-refractivity contribution >= 4 is 17.6 Å². The largest absolute Gasteiger partial charge is 0.495 e. The molecular weight excluding hydrogens is 370 g/mol. The summed E-state index contributed by atoms with van der Waals surface area (Å²) in [5.74, 6) is -0.225. The van der Waals surface area contributed by atoms with Gasteiger partial charge in [-0.3, -0.25) is 4.79 Å². The van der Waals surface area contributed by atoms with Crippen LogP contribution in [0.4, 0.5) is 5.69 Å². The SMILES string of the molecule is CCOC(=O)c1cccc(OC)c1NC(=O)C[NH+]1CCCN1Cc1ccccc1. The molecule has 1 aliphatic rings. The Bertz CT molecular complexity index is 841. The van der Waals surface area contributed by atoms with Crippen molar-refractivity contribution in [1.82, 2.24) is 5.01 Å².